The van der Waals surface area contributed by atoms with Crippen LogP contribution in [-0.4, -0.2) is 36.5 Å². The van der Waals surface area contributed by atoms with Crippen LogP contribution in [0.25, 0.3) is 0 Å². The molecule has 1 aliphatic heterocycles. The number of rotatable bonds is 3. The summed E-state index contributed by atoms with van der Waals surface area (Å²) in [5.74, 6) is -3.40. The van der Waals surface area contributed by atoms with Gasteiger partial charge in [0, 0.05) is 18.0 Å². The number of thiocarbonyl (C=S) groups is 1. The number of thioether (sulfide) groups is 1. The Labute approximate surface area is 126 Å². The third kappa shape index (κ3) is 3.48. The molecule has 2 rings (SSSR count). The molecule has 0 atom stereocenters. The number of nitrogens with zero attached hydrogens (tertiary/aromatic N) is 1. The van der Waals surface area contributed by atoms with E-state index in [1.54, 1.807) is 0 Å². The van der Waals surface area contributed by atoms with Crippen LogP contribution < -0.4 is 0 Å². The average Bonchev–Trinajstić information content (AvgIpc) is 2.93. The maximum atomic E-state index is 12.4. The molecule has 110 valence electrons. The Hall–Kier alpha value is -0.730. The van der Waals surface area contributed by atoms with Crippen molar-refractivity contribution in [1.82, 2.24) is 4.90 Å². The van der Waals surface area contributed by atoms with E-state index in [1.165, 1.54) is 36.0 Å². The number of likely N-dealkylation sites (tertiary alicyclic amines) is 1. The van der Waals surface area contributed by atoms with Gasteiger partial charge in [0.05, 0.1) is 4.90 Å². The molecular weight excluding hydrogens is 324 g/mol. The van der Waals surface area contributed by atoms with E-state index < -0.39 is 15.6 Å². The highest BCUT2D eigenvalue weighted by Gasteiger charge is 2.26. The molecule has 0 aliphatic carbocycles. The quantitative estimate of drug-likeness (QED) is 0.626. The lowest BCUT2D eigenvalue weighted by atomic mass is 10.4. The van der Waals surface area contributed by atoms with Gasteiger partial charge in [-0.1, -0.05) is 24.0 Å². The first-order chi connectivity index (χ1) is 9.41. The molecule has 1 fully saturated rings. The van der Waals surface area contributed by atoms with Crippen LogP contribution in [0.2, 0.25) is 0 Å². The van der Waals surface area contributed by atoms with E-state index in [-0.39, 0.29) is 4.90 Å². The lowest BCUT2D eigenvalue weighted by Gasteiger charge is -2.17. The van der Waals surface area contributed by atoms with E-state index in [4.69, 9.17) is 12.2 Å². The molecule has 0 N–H and O–H groups in total. The smallest absolute Gasteiger partial charge is 0.341 e. The molecule has 1 saturated heterocycles. The zero-order valence-electron chi connectivity index (χ0n) is 10.5. The highest BCUT2D eigenvalue weighted by atomic mass is 32.2. The largest absolute Gasteiger partial charge is 0.357 e. The predicted molar refractivity (Wildman–Crippen MR) is 78.9 cm³/mol. The lowest BCUT2D eigenvalue weighted by molar-refractivity contribution is 0.234. The normalized spacial score (nSPS) is 15.8. The summed E-state index contributed by atoms with van der Waals surface area (Å²) < 4.78 is 48.1. The van der Waals surface area contributed by atoms with Crippen LogP contribution in [0, 0.1) is 0 Å². The number of hydrogen-bond donors (Lipinski definition) is 0. The van der Waals surface area contributed by atoms with Crippen LogP contribution in [0.3, 0.4) is 0 Å². The summed E-state index contributed by atoms with van der Waals surface area (Å²) in [5, 5.41) is 0. The van der Waals surface area contributed by atoms with Crippen molar-refractivity contribution in [2.24, 2.45) is 0 Å². The fourth-order valence-electron chi connectivity index (χ4n) is 1.87. The SMILES string of the molecule is O=S(=O)(c1ccc(SC(=S)N2CCCC2)cc1)C(F)F. The molecule has 0 bridgehead atoms. The fourth-order valence-corrected chi connectivity index (χ4v) is 3.84. The summed E-state index contributed by atoms with van der Waals surface area (Å²) >= 11 is 6.64. The van der Waals surface area contributed by atoms with Gasteiger partial charge in [0.1, 0.15) is 4.32 Å². The van der Waals surface area contributed by atoms with Crippen molar-refractivity contribution in [1.29, 1.82) is 0 Å². The molecule has 1 aromatic rings. The van der Waals surface area contributed by atoms with Crippen LogP contribution in [0.4, 0.5) is 8.78 Å². The molecule has 1 aromatic carbocycles. The average molecular weight is 337 g/mol. The molecule has 20 heavy (non-hydrogen) atoms. The fraction of sp³-hybridized carbons (Fsp3) is 0.417. The minimum Gasteiger partial charge on any atom is -0.357 e. The molecule has 8 heteroatoms. The van der Waals surface area contributed by atoms with E-state index in [2.05, 4.69) is 4.90 Å². The van der Waals surface area contributed by atoms with Gasteiger partial charge in [-0.05, 0) is 37.1 Å². The maximum Gasteiger partial charge on any atom is 0.341 e. The van der Waals surface area contributed by atoms with Gasteiger partial charge in [-0.15, -0.1) is 0 Å². The second-order valence-corrected chi connectivity index (χ2v) is 7.96. The molecule has 0 saturated carbocycles. The second-order valence-electron chi connectivity index (χ2n) is 4.34. The van der Waals surface area contributed by atoms with Gasteiger partial charge < -0.3 is 4.90 Å². The van der Waals surface area contributed by atoms with Gasteiger partial charge in [0.15, 0.2) is 0 Å². The van der Waals surface area contributed by atoms with Gasteiger partial charge in [-0.3, -0.25) is 0 Å². The van der Waals surface area contributed by atoms with Crippen LogP contribution in [-0.2, 0) is 9.84 Å². The second kappa shape index (κ2) is 6.36. The van der Waals surface area contributed by atoms with Crippen molar-refractivity contribution >= 4 is 38.1 Å². The zero-order chi connectivity index (χ0) is 14.8. The van der Waals surface area contributed by atoms with Gasteiger partial charge in [-0.25, -0.2) is 8.42 Å². The number of halogens is 2. The highest BCUT2D eigenvalue weighted by molar-refractivity contribution is 8.22. The van der Waals surface area contributed by atoms with E-state index in [1.807, 2.05) is 0 Å². The number of hydrogen-bond acceptors (Lipinski definition) is 4. The molecule has 0 aromatic heterocycles. The van der Waals surface area contributed by atoms with Crippen molar-refractivity contribution in [3.8, 4) is 0 Å². The van der Waals surface area contributed by atoms with E-state index >= 15 is 0 Å². The first-order valence-corrected chi connectivity index (χ1v) is 8.77. The van der Waals surface area contributed by atoms with Gasteiger partial charge in [0.25, 0.3) is 0 Å². The van der Waals surface area contributed by atoms with Gasteiger partial charge >= 0.3 is 5.76 Å². The van der Waals surface area contributed by atoms with Crippen molar-refractivity contribution in [2.45, 2.75) is 28.4 Å². The van der Waals surface area contributed by atoms with Gasteiger partial charge in [-0.2, -0.15) is 8.78 Å². The molecule has 0 spiro atoms. The Morgan fingerprint density at radius 1 is 1.20 bits per heavy atom. The molecular formula is C12H13F2NO2S3. The third-order valence-electron chi connectivity index (χ3n) is 2.96. The Morgan fingerprint density at radius 3 is 2.25 bits per heavy atom. The molecule has 0 amide bonds. The van der Waals surface area contributed by atoms with Crippen molar-refractivity contribution < 1.29 is 17.2 Å². The van der Waals surface area contributed by atoms with Crippen molar-refractivity contribution in [3.63, 3.8) is 0 Å². The Balaban J connectivity index is 2.07. The number of alkyl halides is 2. The zero-order valence-corrected chi connectivity index (χ0v) is 12.9. The predicted octanol–water partition coefficient (Wildman–Crippen LogP) is 3.16. The maximum absolute atomic E-state index is 12.4. The van der Waals surface area contributed by atoms with Crippen LogP contribution >= 0.6 is 24.0 Å². The summed E-state index contributed by atoms with van der Waals surface area (Å²) in [7, 11) is -4.52. The standard InChI is InChI=1S/C12H13F2NO2S3/c13-11(14)20(16,17)10-5-3-9(4-6-10)19-12(18)15-7-1-2-8-15/h3-6,11H,1-2,7-8H2. The number of sulfone groups is 1. The molecule has 0 radical (unpaired) electrons. The molecule has 0 unspecified atom stereocenters. The summed E-state index contributed by atoms with van der Waals surface area (Å²) in [6.07, 6.45) is 2.23. The monoisotopic (exact) mass is 337 g/mol. The summed E-state index contributed by atoms with van der Waals surface area (Å²) in [5.41, 5.74) is 0. The molecule has 1 heterocycles. The van der Waals surface area contributed by atoms with Crippen LogP contribution in [0.5, 0.6) is 0 Å². The Kier molecular flexibility index (Phi) is 4.98. The lowest BCUT2D eigenvalue weighted by Crippen LogP contribution is -2.22. The first kappa shape index (κ1) is 15.7. The molecule has 3 nitrogen and oxygen atoms in total. The Bertz CT molecular complexity index is 581. The first-order valence-electron chi connectivity index (χ1n) is 6.00. The minimum atomic E-state index is -4.52. The summed E-state index contributed by atoms with van der Waals surface area (Å²) in [4.78, 5) is 2.46. The van der Waals surface area contributed by atoms with Crippen molar-refractivity contribution in [2.75, 3.05) is 13.1 Å². The van der Waals surface area contributed by atoms with E-state index in [9.17, 15) is 17.2 Å². The van der Waals surface area contributed by atoms with Crippen LogP contribution in [0.15, 0.2) is 34.1 Å². The Morgan fingerprint density at radius 2 is 1.75 bits per heavy atom. The number of benzene rings is 1. The highest BCUT2D eigenvalue weighted by Crippen LogP contribution is 2.26. The van der Waals surface area contributed by atoms with Gasteiger partial charge in [0.2, 0.25) is 9.84 Å². The summed E-state index contributed by atoms with van der Waals surface area (Å²) in [6.45, 7) is 1.87. The van der Waals surface area contributed by atoms with E-state index in [0.717, 1.165) is 35.1 Å². The van der Waals surface area contributed by atoms with Crippen molar-refractivity contribution in [3.05, 3.63) is 24.3 Å². The minimum absolute atomic E-state index is 0.371. The molecule has 1 aliphatic rings. The topological polar surface area (TPSA) is 37.4 Å². The summed E-state index contributed by atoms with van der Waals surface area (Å²) in [6, 6.07) is 5.39. The van der Waals surface area contributed by atoms with Crippen LogP contribution in [0.1, 0.15) is 12.8 Å². The third-order valence-corrected chi connectivity index (χ3v) is 5.80. The van der Waals surface area contributed by atoms with E-state index in [0.29, 0.717) is 0 Å².